The number of anilines is 1. The molecule has 0 aliphatic carbocycles. The molecule has 8 heteroatoms. The summed E-state index contributed by atoms with van der Waals surface area (Å²) in [5, 5.41) is 10.7. The van der Waals surface area contributed by atoms with Crippen LogP contribution in [-0.2, 0) is 9.59 Å². The number of carbonyl (C=O) groups is 2. The number of benzene rings is 2. The number of ether oxygens (including phenoxy) is 2. The van der Waals surface area contributed by atoms with Gasteiger partial charge in [0.2, 0.25) is 12.7 Å². The summed E-state index contributed by atoms with van der Waals surface area (Å²) < 4.78 is 25.4. The van der Waals surface area contributed by atoms with Gasteiger partial charge in [-0.05, 0) is 86.9 Å². The van der Waals surface area contributed by atoms with E-state index in [2.05, 4.69) is 38.7 Å². The van der Waals surface area contributed by atoms with Crippen LogP contribution in [0.1, 0.15) is 90.7 Å². The van der Waals surface area contributed by atoms with E-state index in [4.69, 9.17) is 9.47 Å². The molecule has 2 aromatic rings. The fourth-order valence-corrected chi connectivity index (χ4v) is 7.26. The molecule has 2 aliphatic heterocycles. The first kappa shape index (κ1) is 33.5. The zero-order chi connectivity index (χ0) is 32.2. The summed E-state index contributed by atoms with van der Waals surface area (Å²) in [6, 6.07) is 10.1. The summed E-state index contributed by atoms with van der Waals surface area (Å²) in [4.78, 5) is 31.4. The van der Waals surface area contributed by atoms with Gasteiger partial charge in [-0.2, -0.15) is 0 Å². The molecule has 2 heterocycles. The molecule has 1 fully saturated rings. The van der Waals surface area contributed by atoms with Crippen LogP contribution in [0.15, 0.2) is 48.0 Å². The van der Waals surface area contributed by atoms with Crippen molar-refractivity contribution in [2.75, 3.05) is 24.8 Å². The average molecular weight is 609 g/mol. The van der Waals surface area contributed by atoms with Gasteiger partial charge >= 0.3 is 5.97 Å². The first-order valence-corrected chi connectivity index (χ1v) is 16.0. The van der Waals surface area contributed by atoms with Gasteiger partial charge in [0, 0.05) is 30.2 Å². The SMILES string of the molecule is CCCC(CCC)N(C(=O)CN1C[C@H](c2ccc3c(c2)OCO3)[C@@H](C(=O)O)[C@@H]1CC(C)(C)C=C(C)C)c1ccc(F)c(C)c1. The lowest BCUT2D eigenvalue weighted by Gasteiger charge is -2.36. The van der Waals surface area contributed by atoms with Gasteiger partial charge in [-0.3, -0.25) is 14.5 Å². The molecule has 44 heavy (non-hydrogen) atoms. The Kier molecular flexibility index (Phi) is 10.8. The normalized spacial score (nSPS) is 19.8. The Hall–Kier alpha value is -3.39. The topological polar surface area (TPSA) is 79.3 Å². The molecule has 0 unspecified atom stereocenters. The molecule has 4 rings (SSSR count). The molecule has 0 saturated carbocycles. The maximum atomic E-state index is 14.4. The number of hydrogen-bond donors (Lipinski definition) is 1. The third kappa shape index (κ3) is 7.63. The van der Waals surface area contributed by atoms with Crippen molar-refractivity contribution in [3.05, 3.63) is 65.0 Å². The van der Waals surface area contributed by atoms with Crippen molar-refractivity contribution < 1.29 is 28.6 Å². The molecule has 0 radical (unpaired) electrons. The molecule has 0 spiro atoms. The van der Waals surface area contributed by atoms with E-state index in [0.717, 1.165) is 36.8 Å². The van der Waals surface area contributed by atoms with Gasteiger partial charge in [-0.1, -0.05) is 58.3 Å². The van der Waals surface area contributed by atoms with E-state index in [1.807, 2.05) is 36.9 Å². The quantitative estimate of drug-likeness (QED) is 0.235. The lowest BCUT2D eigenvalue weighted by atomic mass is 9.77. The average Bonchev–Trinajstić information content (AvgIpc) is 3.54. The Morgan fingerprint density at radius 2 is 1.77 bits per heavy atom. The highest BCUT2D eigenvalue weighted by atomic mass is 19.1. The molecule has 240 valence electrons. The maximum absolute atomic E-state index is 14.4. The van der Waals surface area contributed by atoms with Crippen molar-refractivity contribution in [1.82, 2.24) is 4.90 Å². The zero-order valence-electron chi connectivity index (χ0n) is 27.4. The summed E-state index contributed by atoms with van der Waals surface area (Å²) in [6.45, 7) is 14.9. The van der Waals surface area contributed by atoms with Gasteiger partial charge in [0.15, 0.2) is 11.5 Å². The van der Waals surface area contributed by atoms with Crippen LogP contribution in [0.4, 0.5) is 10.1 Å². The Bertz CT molecular complexity index is 1360. The third-order valence-corrected chi connectivity index (χ3v) is 8.91. The van der Waals surface area contributed by atoms with Crippen molar-refractivity contribution in [3.63, 3.8) is 0 Å². The number of likely N-dealkylation sites (tertiary alicyclic amines) is 1. The van der Waals surface area contributed by atoms with Crippen LogP contribution in [0, 0.1) is 24.1 Å². The maximum Gasteiger partial charge on any atom is 0.308 e. The minimum Gasteiger partial charge on any atom is -0.481 e. The molecule has 1 amide bonds. The van der Waals surface area contributed by atoms with Crippen LogP contribution >= 0.6 is 0 Å². The fraction of sp³-hybridized carbons (Fsp3) is 0.556. The van der Waals surface area contributed by atoms with Crippen molar-refractivity contribution in [3.8, 4) is 11.5 Å². The number of aliphatic carboxylic acids is 1. The Morgan fingerprint density at radius 1 is 1.09 bits per heavy atom. The van der Waals surface area contributed by atoms with E-state index >= 15 is 0 Å². The summed E-state index contributed by atoms with van der Waals surface area (Å²) in [5.41, 5.74) is 2.91. The lowest BCUT2D eigenvalue weighted by Crippen LogP contribution is -2.48. The second kappa shape index (κ2) is 14.1. The number of nitrogens with zero attached hydrogens (tertiary/aromatic N) is 2. The summed E-state index contributed by atoms with van der Waals surface area (Å²) in [6.07, 6.45) is 6.23. The second-order valence-corrected chi connectivity index (χ2v) is 13.4. The molecule has 2 aromatic carbocycles. The van der Waals surface area contributed by atoms with Crippen molar-refractivity contribution in [2.24, 2.45) is 11.3 Å². The van der Waals surface area contributed by atoms with Gasteiger partial charge in [0.05, 0.1) is 12.5 Å². The Labute approximate surface area is 262 Å². The van der Waals surface area contributed by atoms with Crippen LogP contribution in [-0.4, -0.2) is 53.8 Å². The number of allylic oxidation sites excluding steroid dienone is 2. The van der Waals surface area contributed by atoms with Crippen LogP contribution in [0.25, 0.3) is 0 Å². The molecule has 3 atom stereocenters. The molecule has 2 aliphatic rings. The van der Waals surface area contributed by atoms with Crippen molar-refractivity contribution in [2.45, 2.75) is 98.6 Å². The Balaban J connectivity index is 1.74. The summed E-state index contributed by atoms with van der Waals surface area (Å²) in [5.74, 6) is -1.08. The van der Waals surface area contributed by atoms with E-state index < -0.39 is 11.9 Å². The Morgan fingerprint density at radius 3 is 2.39 bits per heavy atom. The number of aryl methyl sites for hydroxylation is 1. The zero-order valence-corrected chi connectivity index (χ0v) is 27.4. The molecule has 1 N–H and O–H groups in total. The van der Waals surface area contributed by atoms with Gasteiger partial charge in [-0.25, -0.2) is 4.39 Å². The molecule has 0 aromatic heterocycles. The van der Waals surface area contributed by atoms with E-state index in [1.165, 1.54) is 6.07 Å². The van der Waals surface area contributed by atoms with Crippen LogP contribution in [0.2, 0.25) is 0 Å². The second-order valence-electron chi connectivity index (χ2n) is 13.4. The minimum absolute atomic E-state index is 0.0366. The molecule has 1 saturated heterocycles. The van der Waals surface area contributed by atoms with Crippen LogP contribution in [0.5, 0.6) is 11.5 Å². The van der Waals surface area contributed by atoms with Crippen molar-refractivity contribution in [1.29, 1.82) is 0 Å². The van der Waals surface area contributed by atoms with Gasteiger partial charge < -0.3 is 19.5 Å². The number of carboxylic acid groups (broad SMARTS) is 1. The minimum atomic E-state index is -0.874. The largest absolute Gasteiger partial charge is 0.481 e. The fourth-order valence-electron chi connectivity index (χ4n) is 7.26. The van der Waals surface area contributed by atoms with Gasteiger partial charge in [0.25, 0.3) is 0 Å². The van der Waals surface area contributed by atoms with Crippen molar-refractivity contribution >= 4 is 17.6 Å². The first-order valence-electron chi connectivity index (χ1n) is 16.0. The highest BCUT2D eigenvalue weighted by Gasteiger charge is 2.49. The summed E-state index contributed by atoms with van der Waals surface area (Å²) >= 11 is 0. The predicted octanol–water partition coefficient (Wildman–Crippen LogP) is 7.72. The van der Waals surface area contributed by atoms with E-state index in [9.17, 15) is 19.1 Å². The van der Waals surface area contributed by atoms with Crippen LogP contribution < -0.4 is 14.4 Å². The van der Waals surface area contributed by atoms with E-state index in [1.54, 1.807) is 19.1 Å². The number of fused-ring (bicyclic) bond motifs is 1. The number of halogens is 1. The lowest BCUT2D eigenvalue weighted by molar-refractivity contribution is -0.143. The predicted molar refractivity (Wildman–Crippen MR) is 172 cm³/mol. The summed E-state index contributed by atoms with van der Waals surface area (Å²) in [7, 11) is 0. The smallest absolute Gasteiger partial charge is 0.308 e. The molecule has 7 nitrogen and oxygen atoms in total. The van der Waals surface area contributed by atoms with Gasteiger partial charge in [-0.15, -0.1) is 0 Å². The number of hydrogen-bond acceptors (Lipinski definition) is 5. The number of carboxylic acids is 1. The standard InChI is InChI=1S/C36H49FN2O5/c1-8-10-26(11-9-2)39(27-13-14-29(37)24(5)16-27)33(40)21-38-20-28(25-12-15-31-32(17-25)44-22-43-31)34(35(41)42)30(38)19-36(6,7)18-23(3)4/h12-18,26,28,30,34H,8-11,19-22H2,1-7H3,(H,41,42)/t28-,30+,34-/m1/s1. The van der Waals surface area contributed by atoms with Crippen LogP contribution in [0.3, 0.4) is 0 Å². The van der Waals surface area contributed by atoms with Gasteiger partial charge in [0.1, 0.15) is 5.82 Å². The highest BCUT2D eigenvalue weighted by molar-refractivity contribution is 5.95. The number of rotatable bonds is 13. The highest BCUT2D eigenvalue weighted by Crippen LogP contribution is 2.45. The first-order chi connectivity index (χ1) is 20.8. The van der Waals surface area contributed by atoms with E-state index in [-0.39, 0.29) is 48.5 Å². The molecular formula is C36H49FN2O5. The number of carbonyl (C=O) groups excluding carboxylic acids is 1. The molecule has 0 bridgehead atoms. The monoisotopic (exact) mass is 608 g/mol. The number of amides is 1. The molecular weight excluding hydrogens is 559 g/mol. The third-order valence-electron chi connectivity index (χ3n) is 8.91. The van der Waals surface area contributed by atoms with E-state index in [0.29, 0.717) is 35.7 Å².